The van der Waals surface area contributed by atoms with Gasteiger partial charge in [-0.3, -0.25) is 4.79 Å². The van der Waals surface area contributed by atoms with Crippen molar-refractivity contribution >= 4 is 17.5 Å². The van der Waals surface area contributed by atoms with Gasteiger partial charge in [0.1, 0.15) is 35.0 Å². The Morgan fingerprint density at radius 1 is 1.21 bits per heavy atom. The summed E-state index contributed by atoms with van der Waals surface area (Å²) in [6.45, 7) is 1.56. The maximum absolute atomic E-state index is 13.6. The third-order valence-electron chi connectivity index (χ3n) is 3.62. The predicted molar refractivity (Wildman–Crippen MR) is 89.9 cm³/mol. The molecule has 1 aromatic carbocycles. The number of carbonyl (C=O) groups excluding carboxylic acids is 1. The van der Waals surface area contributed by atoms with E-state index in [1.807, 2.05) is 0 Å². The Balaban J connectivity index is 1.92. The summed E-state index contributed by atoms with van der Waals surface area (Å²) in [6, 6.07) is 5.09. The summed E-state index contributed by atoms with van der Waals surface area (Å²) in [6.07, 6.45) is -3.82. The fourth-order valence-electron chi connectivity index (χ4n) is 2.39. The molecule has 0 aliphatic rings. The van der Waals surface area contributed by atoms with E-state index in [0.717, 1.165) is 24.5 Å². The lowest BCUT2D eigenvalue weighted by molar-refractivity contribution is -0.274. The molecule has 0 saturated heterocycles. The van der Waals surface area contributed by atoms with Crippen molar-refractivity contribution < 1.29 is 31.6 Å². The molecule has 3 N–H and O–H groups in total. The van der Waals surface area contributed by atoms with E-state index in [4.69, 9.17) is 5.73 Å². The monoisotopic (exact) mass is 396 g/mol. The third kappa shape index (κ3) is 4.19. The number of aromatic nitrogens is 2. The fraction of sp³-hybridized carbons (Fsp3) is 0.118. The summed E-state index contributed by atoms with van der Waals surface area (Å²) in [4.78, 5) is 16.1. The molecule has 0 spiro atoms. The van der Waals surface area contributed by atoms with E-state index in [9.17, 15) is 22.4 Å². The second-order valence-corrected chi connectivity index (χ2v) is 5.59. The molecule has 0 unspecified atom stereocenters. The first-order valence-corrected chi connectivity index (χ1v) is 7.68. The van der Waals surface area contributed by atoms with Gasteiger partial charge in [0.05, 0.1) is 5.69 Å². The number of nitrogens with two attached hydrogens (primary N) is 1. The number of benzene rings is 1. The van der Waals surface area contributed by atoms with Gasteiger partial charge in [-0.05, 0) is 37.3 Å². The fourth-order valence-corrected chi connectivity index (χ4v) is 2.39. The van der Waals surface area contributed by atoms with Gasteiger partial charge in [-0.2, -0.15) is 0 Å². The number of hydrogen-bond donors (Lipinski definition) is 2. The van der Waals surface area contributed by atoms with Crippen LogP contribution in [-0.2, 0) is 0 Å². The zero-order valence-electron chi connectivity index (χ0n) is 14.2. The number of alkyl halides is 3. The minimum atomic E-state index is -4.97. The van der Waals surface area contributed by atoms with Gasteiger partial charge in [-0.15, -0.1) is 13.2 Å². The number of halogens is 4. The first-order valence-electron chi connectivity index (χ1n) is 7.68. The van der Waals surface area contributed by atoms with Crippen LogP contribution in [0.2, 0.25) is 0 Å². The van der Waals surface area contributed by atoms with Crippen LogP contribution in [0.3, 0.4) is 0 Å². The number of aryl methyl sites for hydroxylation is 1. The van der Waals surface area contributed by atoms with Gasteiger partial charge in [-0.25, -0.2) is 9.37 Å². The van der Waals surface area contributed by atoms with Crippen LogP contribution in [0.4, 0.5) is 29.2 Å². The molecule has 0 saturated carbocycles. The number of nitrogen functional groups attached to an aromatic ring is 1. The molecule has 2 aromatic heterocycles. The summed E-state index contributed by atoms with van der Waals surface area (Å²) in [5.74, 6) is -2.20. The number of anilines is 2. The number of pyridine rings is 1. The van der Waals surface area contributed by atoms with Gasteiger partial charge in [0.2, 0.25) is 0 Å². The normalized spacial score (nSPS) is 11.3. The summed E-state index contributed by atoms with van der Waals surface area (Å²) in [7, 11) is 0. The van der Waals surface area contributed by atoms with Crippen molar-refractivity contribution in [2.24, 2.45) is 0 Å². The lowest BCUT2D eigenvalue weighted by Crippen LogP contribution is -2.18. The lowest BCUT2D eigenvalue weighted by Gasteiger charge is -2.15. The van der Waals surface area contributed by atoms with Crippen molar-refractivity contribution in [1.29, 1.82) is 0 Å². The van der Waals surface area contributed by atoms with Gasteiger partial charge in [0.25, 0.3) is 5.91 Å². The molecule has 0 aliphatic carbocycles. The van der Waals surface area contributed by atoms with Crippen LogP contribution in [0, 0.1) is 12.7 Å². The molecule has 0 aliphatic heterocycles. The molecule has 3 rings (SSSR count). The van der Waals surface area contributed by atoms with Gasteiger partial charge in [-0.1, -0.05) is 5.16 Å². The lowest BCUT2D eigenvalue weighted by atomic mass is 10.1. The van der Waals surface area contributed by atoms with E-state index in [0.29, 0.717) is 5.69 Å². The Labute approximate surface area is 155 Å². The molecular formula is C17H12F4N4O3. The maximum Gasteiger partial charge on any atom is 0.573 e. The standard InChI is InChI=1S/C17H12F4N4O3/c1-8-12(7-27-25-8)16(26)24-14-5-3-10(15(22)23-14)11-6-9(18)2-4-13(11)28-17(19,20)21/h2-7H,1H3,(H3,22,23,24,26). The van der Waals surface area contributed by atoms with Gasteiger partial charge < -0.3 is 20.3 Å². The minimum absolute atomic E-state index is 0.00194. The highest BCUT2D eigenvalue weighted by molar-refractivity contribution is 6.04. The van der Waals surface area contributed by atoms with Crippen molar-refractivity contribution in [3.05, 3.63) is 53.7 Å². The zero-order valence-corrected chi connectivity index (χ0v) is 14.2. The molecule has 0 atom stereocenters. The molecular weight excluding hydrogens is 384 g/mol. The van der Waals surface area contributed by atoms with E-state index in [2.05, 4.69) is 24.7 Å². The van der Waals surface area contributed by atoms with Crippen molar-refractivity contribution in [2.45, 2.75) is 13.3 Å². The van der Waals surface area contributed by atoms with Crippen molar-refractivity contribution in [3.8, 4) is 16.9 Å². The highest BCUT2D eigenvalue weighted by Crippen LogP contribution is 2.37. The van der Waals surface area contributed by atoms with Crippen LogP contribution < -0.4 is 15.8 Å². The summed E-state index contributed by atoms with van der Waals surface area (Å²) >= 11 is 0. The summed E-state index contributed by atoms with van der Waals surface area (Å²) < 4.78 is 59.9. The Bertz CT molecular complexity index is 1030. The van der Waals surface area contributed by atoms with Crippen LogP contribution >= 0.6 is 0 Å². The smallest absolute Gasteiger partial charge is 0.405 e. The third-order valence-corrected chi connectivity index (χ3v) is 3.62. The van der Waals surface area contributed by atoms with E-state index in [1.165, 1.54) is 12.1 Å². The SMILES string of the molecule is Cc1nocc1C(=O)Nc1ccc(-c2cc(F)ccc2OC(F)(F)F)c(N)n1. The molecule has 146 valence electrons. The number of nitrogens with one attached hydrogen (secondary N) is 1. The first kappa shape index (κ1) is 19.1. The molecule has 0 fully saturated rings. The van der Waals surface area contributed by atoms with Crippen molar-refractivity contribution in [2.75, 3.05) is 11.1 Å². The molecule has 2 heterocycles. The van der Waals surface area contributed by atoms with Crippen LogP contribution in [0.1, 0.15) is 16.1 Å². The van der Waals surface area contributed by atoms with Crippen LogP contribution in [0.25, 0.3) is 11.1 Å². The maximum atomic E-state index is 13.6. The first-order chi connectivity index (χ1) is 13.1. The molecule has 3 aromatic rings. The Kier molecular flexibility index (Phi) is 4.91. The van der Waals surface area contributed by atoms with E-state index >= 15 is 0 Å². The highest BCUT2D eigenvalue weighted by atomic mass is 19.4. The second kappa shape index (κ2) is 7.18. The van der Waals surface area contributed by atoms with Gasteiger partial charge >= 0.3 is 6.36 Å². The second-order valence-electron chi connectivity index (χ2n) is 5.59. The molecule has 1 amide bonds. The van der Waals surface area contributed by atoms with E-state index in [-0.39, 0.29) is 28.3 Å². The number of hydrogen-bond acceptors (Lipinski definition) is 6. The topological polar surface area (TPSA) is 103 Å². The molecule has 28 heavy (non-hydrogen) atoms. The Morgan fingerprint density at radius 2 is 1.96 bits per heavy atom. The average Bonchev–Trinajstić information content (AvgIpc) is 3.02. The quantitative estimate of drug-likeness (QED) is 0.648. The van der Waals surface area contributed by atoms with Gasteiger partial charge in [0.15, 0.2) is 0 Å². The minimum Gasteiger partial charge on any atom is -0.405 e. The number of carbonyl (C=O) groups is 1. The molecule has 11 heteroatoms. The summed E-state index contributed by atoms with van der Waals surface area (Å²) in [5, 5.41) is 6.03. The number of ether oxygens (including phenoxy) is 1. The largest absolute Gasteiger partial charge is 0.573 e. The summed E-state index contributed by atoms with van der Waals surface area (Å²) in [5.41, 5.74) is 6.10. The number of rotatable bonds is 4. The van der Waals surface area contributed by atoms with Crippen molar-refractivity contribution in [3.63, 3.8) is 0 Å². The van der Waals surface area contributed by atoms with Gasteiger partial charge in [0, 0.05) is 11.1 Å². The molecule has 0 radical (unpaired) electrons. The van der Waals surface area contributed by atoms with Crippen LogP contribution in [-0.4, -0.2) is 22.4 Å². The Morgan fingerprint density at radius 3 is 2.57 bits per heavy atom. The van der Waals surface area contributed by atoms with E-state index < -0.39 is 23.8 Å². The Hall–Kier alpha value is -3.63. The van der Waals surface area contributed by atoms with Crippen LogP contribution in [0.5, 0.6) is 5.75 Å². The number of nitrogens with zero attached hydrogens (tertiary/aromatic N) is 2. The molecule has 0 bridgehead atoms. The zero-order chi connectivity index (χ0) is 20.5. The van der Waals surface area contributed by atoms with E-state index in [1.54, 1.807) is 6.92 Å². The van der Waals surface area contributed by atoms with Crippen LogP contribution in [0.15, 0.2) is 41.1 Å². The number of amides is 1. The average molecular weight is 396 g/mol. The molecule has 7 nitrogen and oxygen atoms in total. The highest BCUT2D eigenvalue weighted by Gasteiger charge is 2.32. The van der Waals surface area contributed by atoms with Crippen molar-refractivity contribution in [1.82, 2.24) is 10.1 Å². The predicted octanol–water partition coefficient (Wildman–Crippen LogP) is 3.92.